The Labute approximate surface area is 155 Å². The molecular formula is C20H19N3O2S. The van der Waals surface area contributed by atoms with Crippen LogP contribution in [0.1, 0.15) is 17.5 Å². The SMILES string of the molecule is Cc1cc(C)cc(N2CC(C(=O)Nc3nc4ccccc4s3)CC2=O)c1. The average Bonchev–Trinajstić information content (AvgIpc) is 3.16. The molecule has 0 spiro atoms. The summed E-state index contributed by atoms with van der Waals surface area (Å²) in [5.74, 6) is -0.529. The Hall–Kier alpha value is -2.73. The van der Waals surface area contributed by atoms with Crippen LogP contribution in [0.25, 0.3) is 10.2 Å². The van der Waals surface area contributed by atoms with Crippen LogP contribution in [0.4, 0.5) is 10.8 Å². The molecule has 1 fully saturated rings. The Balaban J connectivity index is 1.50. The first kappa shape index (κ1) is 16.7. The van der Waals surface area contributed by atoms with Gasteiger partial charge in [0.1, 0.15) is 0 Å². The summed E-state index contributed by atoms with van der Waals surface area (Å²) in [5, 5.41) is 3.46. The van der Waals surface area contributed by atoms with Crippen molar-refractivity contribution >= 4 is 44.2 Å². The first-order valence-electron chi connectivity index (χ1n) is 8.55. The fourth-order valence-electron chi connectivity index (χ4n) is 3.37. The highest BCUT2D eigenvalue weighted by molar-refractivity contribution is 7.22. The maximum Gasteiger partial charge on any atom is 0.231 e. The summed E-state index contributed by atoms with van der Waals surface area (Å²) in [6, 6.07) is 13.8. The number of rotatable bonds is 3. The topological polar surface area (TPSA) is 62.3 Å². The molecule has 0 aliphatic carbocycles. The third-order valence-electron chi connectivity index (χ3n) is 4.54. The summed E-state index contributed by atoms with van der Waals surface area (Å²) in [5.41, 5.74) is 3.94. The van der Waals surface area contributed by atoms with Gasteiger partial charge in [0.15, 0.2) is 5.13 Å². The quantitative estimate of drug-likeness (QED) is 0.765. The van der Waals surface area contributed by atoms with Crippen LogP contribution in [0.3, 0.4) is 0 Å². The normalized spacial score (nSPS) is 17.1. The van der Waals surface area contributed by atoms with Crippen LogP contribution in [0, 0.1) is 19.8 Å². The van der Waals surface area contributed by atoms with Crippen LogP contribution in [0.15, 0.2) is 42.5 Å². The second-order valence-corrected chi connectivity index (χ2v) is 7.76. The van der Waals surface area contributed by atoms with Gasteiger partial charge in [-0.15, -0.1) is 0 Å². The lowest BCUT2D eigenvalue weighted by molar-refractivity contribution is -0.122. The van der Waals surface area contributed by atoms with Crippen molar-refractivity contribution in [2.75, 3.05) is 16.8 Å². The minimum Gasteiger partial charge on any atom is -0.312 e. The highest BCUT2D eigenvalue weighted by Crippen LogP contribution is 2.29. The number of anilines is 2. The molecule has 1 aromatic heterocycles. The van der Waals surface area contributed by atoms with Crippen LogP contribution in [-0.2, 0) is 9.59 Å². The maximum atomic E-state index is 12.6. The number of aromatic nitrogens is 1. The number of thiazole rings is 1. The molecule has 0 bridgehead atoms. The molecule has 1 unspecified atom stereocenters. The van der Waals surface area contributed by atoms with Crippen molar-refractivity contribution in [2.24, 2.45) is 5.92 Å². The highest BCUT2D eigenvalue weighted by Gasteiger charge is 2.35. The number of carbonyl (C=O) groups is 2. The van der Waals surface area contributed by atoms with E-state index < -0.39 is 0 Å². The van der Waals surface area contributed by atoms with E-state index in [0.717, 1.165) is 27.0 Å². The molecule has 1 aliphatic heterocycles. The molecule has 1 N–H and O–H groups in total. The molecule has 0 saturated carbocycles. The third kappa shape index (κ3) is 3.20. The molecule has 1 saturated heterocycles. The number of benzene rings is 2. The molecule has 2 heterocycles. The van der Waals surface area contributed by atoms with Gasteiger partial charge in [-0.3, -0.25) is 9.59 Å². The predicted octanol–water partition coefficient (Wildman–Crippen LogP) is 3.90. The van der Waals surface area contributed by atoms with Gasteiger partial charge >= 0.3 is 0 Å². The van der Waals surface area contributed by atoms with Gasteiger partial charge in [0.25, 0.3) is 0 Å². The molecule has 26 heavy (non-hydrogen) atoms. The van der Waals surface area contributed by atoms with Gasteiger partial charge < -0.3 is 10.2 Å². The van der Waals surface area contributed by atoms with Gasteiger partial charge in [0.05, 0.1) is 16.1 Å². The molecule has 2 amide bonds. The number of hydrogen-bond donors (Lipinski definition) is 1. The summed E-state index contributed by atoms with van der Waals surface area (Å²) in [4.78, 5) is 31.2. The predicted molar refractivity (Wildman–Crippen MR) is 105 cm³/mol. The number of amides is 2. The van der Waals surface area contributed by atoms with E-state index in [1.807, 2.05) is 50.2 Å². The standard InChI is InChI=1S/C20H19N3O2S/c1-12-7-13(2)9-15(8-12)23-11-14(10-18(23)24)19(25)22-20-21-16-5-3-4-6-17(16)26-20/h3-9,14H,10-11H2,1-2H3,(H,21,22,25). The molecule has 132 valence electrons. The molecule has 3 aromatic rings. The Morgan fingerprint density at radius 1 is 1.19 bits per heavy atom. The van der Waals surface area contributed by atoms with Gasteiger partial charge in [0.2, 0.25) is 11.8 Å². The first-order valence-corrected chi connectivity index (χ1v) is 9.36. The lowest BCUT2D eigenvalue weighted by Gasteiger charge is -2.18. The van der Waals surface area contributed by atoms with Gasteiger partial charge in [-0.1, -0.05) is 29.5 Å². The fourth-order valence-corrected chi connectivity index (χ4v) is 4.24. The first-order chi connectivity index (χ1) is 12.5. The average molecular weight is 365 g/mol. The number of hydrogen-bond acceptors (Lipinski definition) is 4. The molecule has 1 atom stereocenters. The van der Waals surface area contributed by atoms with Crippen LogP contribution in [-0.4, -0.2) is 23.3 Å². The molecule has 1 aliphatic rings. The molecular weight excluding hydrogens is 346 g/mol. The number of nitrogens with zero attached hydrogens (tertiary/aromatic N) is 2. The van der Waals surface area contributed by atoms with E-state index in [1.165, 1.54) is 11.3 Å². The van der Waals surface area contributed by atoms with Crippen molar-refractivity contribution in [3.63, 3.8) is 0 Å². The zero-order chi connectivity index (χ0) is 18.3. The van der Waals surface area contributed by atoms with Gasteiger partial charge in [-0.2, -0.15) is 0 Å². The summed E-state index contributed by atoms with van der Waals surface area (Å²) >= 11 is 1.44. The van der Waals surface area contributed by atoms with Gasteiger partial charge in [0, 0.05) is 18.7 Å². The van der Waals surface area contributed by atoms with Crippen LogP contribution in [0.5, 0.6) is 0 Å². The molecule has 4 rings (SSSR count). The molecule has 6 heteroatoms. The monoisotopic (exact) mass is 365 g/mol. The molecule has 0 radical (unpaired) electrons. The molecule has 2 aromatic carbocycles. The Morgan fingerprint density at radius 2 is 1.92 bits per heavy atom. The highest BCUT2D eigenvalue weighted by atomic mass is 32.1. The maximum absolute atomic E-state index is 12.6. The van der Waals surface area contributed by atoms with Crippen molar-refractivity contribution in [2.45, 2.75) is 20.3 Å². The third-order valence-corrected chi connectivity index (χ3v) is 5.49. The fraction of sp³-hybridized carbons (Fsp3) is 0.250. The van der Waals surface area contributed by atoms with E-state index in [2.05, 4.69) is 16.4 Å². The van der Waals surface area contributed by atoms with Crippen molar-refractivity contribution in [1.82, 2.24) is 4.98 Å². The summed E-state index contributed by atoms with van der Waals surface area (Å²) < 4.78 is 1.03. The lowest BCUT2D eigenvalue weighted by Crippen LogP contribution is -2.28. The van der Waals surface area contributed by atoms with E-state index in [9.17, 15) is 9.59 Å². The zero-order valence-electron chi connectivity index (χ0n) is 14.7. The number of para-hydroxylation sites is 1. The smallest absolute Gasteiger partial charge is 0.231 e. The van der Waals surface area contributed by atoms with Crippen molar-refractivity contribution in [1.29, 1.82) is 0 Å². The Kier molecular flexibility index (Phi) is 4.20. The van der Waals surface area contributed by atoms with Gasteiger partial charge in [-0.25, -0.2) is 4.98 Å². The van der Waals surface area contributed by atoms with E-state index in [4.69, 9.17) is 0 Å². The van der Waals surface area contributed by atoms with Crippen molar-refractivity contribution in [3.05, 3.63) is 53.6 Å². The second-order valence-electron chi connectivity index (χ2n) is 6.73. The van der Waals surface area contributed by atoms with Crippen LogP contribution >= 0.6 is 11.3 Å². The summed E-state index contributed by atoms with van der Waals surface area (Å²) in [6.07, 6.45) is 0.226. The molecule has 5 nitrogen and oxygen atoms in total. The van der Waals surface area contributed by atoms with Crippen molar-refractivity contribution in [3.8, 4) is 0 Å². The van der Waals surface area contributed by atoms with Crippen LogP contribution in [0.2, 0.25) is 0 Å². The zero-order valence-corrected chi connectivity index (χ0v) is 15.5. The van der Waals surface area contributed by atoms with Gasteiger partial charge in [-0.05, 0) is 49.2 Å². The Morgan fingerprint density at radius 3 is 2.65 bits per heavy atom. The second kappa shape index (κ2) is 6.53. The van der Waals surface area contributed by atoms with E-state index >= 15 is 0 Å². The largest absolute Gasteiger partial charge is 0.312 e. The number of fused-ring (bicyclic) bond motifs is 1. The summed E-state index contributed by atoms with van der Waals surface area (Å²) in [6.45, 7) is 4.42. The number of nitrogens with one attached hydrogen (secondary N) is 1. The van der Waals surface area contributed by atoms with E-state index in [1.54, 1.807) is 4.90 Å². The van der Waals surface area contributed by atoms with E-state index in [0.29, 0.717) is 11.7 Å². The minimum absolute atomic E-state index is 0.0144. The summed E-state index contributed by atoms with van der Waals surface area (Å²) in [7, 11) is 0. The minimum atomic E-state index is -0.365. The van der Waals surface area contributed by atoms with E-state index in [-0.39, 0.29) is 24.2 Å². The number of aryl methyl sites for hydroxylation is 2. The van der Waals surface area contributed by atoms with Crippen molar-refractivity contribution < 1.29 is 9.59 Å². The lowest BCUT2D eigenvalue weighted by atomic mass is 10.1. The Bertz CT molecular complexity index is 958. The van der Waals surface area contributed by atoms with Crippen LogP contribution < -0.4 is 10.2 Å². The number of carbonyl (C=O) groups excluding carboxylic acids is 2.